The van der Waals surface area contributed by atoms with Crippen molar-refractivity contribution in [3.05, 3.63) is 63.5 Å². The number of hydrogen-bond donors (Lipinski definition) is 2. The van der Waals surface area contributed by atoms with Crippen molar-refractivity contribution < 1.29 is 23.9 Å². The number of anilines is 1. The molecule has 3 amide bonds. The van der Waals surface area contributed by atoms with E-state index >= 15 is 0 Å². The smallest absolute Gasteiger partial charge is 0.260 e. The summed E-state index contributed by atoms with van der Waals surface area (Å²) < 4.78 is 12.5. The molecule has 2 N–H and O–H groups in total. The standard InChI is InChI=1S/C36H42Cl2N8O6/c1-6-28(47)40-24-18-45(34(49)21-9-10-21)19-25(24)41-36-39-14-22-12-23(30-31(37)26(51-4)13-27(52-5)32(30)38)35(50)46(33(22)42-36)17-20-15-44(16-20)29(48)8-7-11-43(2)3/h6-8,12-14,20-21,24-25H,1,9-11,15-19H2,2-5H3,(H,40,47)(H,39,41,42)/b8-7+. The Balaban J connectivity index is 1.36. The van der Waals surface area contributed by atoms with Crippen LogP contribution in [0.25, 0.3) is 22.2 Å². The lowest BCUT2D eigenvalue weighted by Gasteiger charge is -2.39. The van der Waals surface area contributed by atoms with Crippen molar-refractivity contribution in [2.75, 3.05) is 66.4 Å². The molecule has 6 rings (SSSR count). The van der Waals surface area contributed by atoms with Crippen LogP contribution in [-0.2, 0) is 20.9 Å². The molecule has 0 spiro atoms. The average Bonchev–Trinajstić information content (AvgIpc) is 3.88. The van der Waals surface area contributed by atoms with E-state index in [9.17, 15) is 19.2 Å². The summed E-state index contributed by atoms with van der Waals surface area (Å²) in [6.45, 7) is 6.02. The monoisotopic (exact) mass is 752 g/mol. The first kappa shape index (κ1) is 37.1. The fourth-order valence-corrected chi connectivity index (χ4v) is 7.27. The Bertz CT molecular complexity index is 1960. The zero-order valence-electron chi connectivity index (χ0n) is 29.5. The van der Waals surface area contributed by atoms with Gasteiger partial charge in [0.25, 0.3) is 5.56 Å². The number of amides is 3. The maximum Gasteiger partial charge on any atom is 0.260 e. The molecule has 3 aliphatic rings. The fraction of sp³-hybridized carbons (Fsp3) is 0.444. The second kappa shape index (κ2) is 15.5. The second-order valence-electron chi connectivity index (χ2n) is 13.6. The van der Waals surface area contributed by atoms with Gasteiger partial charge < -0.3 is 34.8 Å². The first-order valence-corrected chi connectivity index (χ1v) is 17.8. The lowest BCUT2D eigenvalue weighted by Crippen LogP contribution is -2.51. The molecule has 16 heteroatoms. The number of hydrogen-bond acceptors (Lipinski definition) is 10. The van der Waals surface area contributed by atoms with E-state index in [-0.39, 0.29) is 74.7 Å². The molecule has 2 aromatic heterocycles. The van der Waals surface area contributed by atoms with Gasteiger partial charge in [-0.3, -0.25) is 23.7 Å². The summed E-state index contributed by atoms with van der Waals surface area (Å²) in [5, 5.41) is 7.03. The SMILES string of the molecule is C=CC(=O)NC1CN(C(=O)C2CC2)CC1Nc1ncc2cc(-c3c(Cl)c(OC)cc(OC)c3Cl)c(=O)n(CC3CN(C(=O)/C=C/CN(C)C)C3)c2n1. The van der Waals surface area contributed by atoms with Gasteiger partial charge >= 0.3 is 0 Å². The van der Waals surface area contributed by atoms with Crippen LogP contribution in [0.4, 0.5) is 5.95 Å². The Morgan fingerprint density at radius 3 is 2.31 bits per heavy atom. The average molecular weight is 754 g/mol. The number of pyridine rings is 1. The summed E-state index contributed by atoms with van der Waals surface area (Å²) in [5.74, 6) is 0.361. The van der Waals surface area contributed by atoms with Crippen molar-refractivity contribution in [3.63, 3.8) is 0 Å². The highest BCUT2D eigenvalue weighted by Gasteiger charge is 2.41. The van der Waals surface area contributed by atoms with Crippen LogP contribution in [0.2, 0.25) is 10.0 Å². The topological polar surface area (TPSA) is 151 Å². The third-order valence-corrected chi connectivity index (χ3v) is 10.2. The number of likely N-dealkylation sites (tertiary alicyclic amines) is 2. The quantitative estimate of drug-likeness (QED) is 0.250. The molecule has 276 valence electrons. The van der Waals surface area contributed by atoms with Gasteiger partial charge in [-0.15, -0.1) is 0 Å². The predicted octanol–water partition coefficient (Wildman–Crippen LogP) is 3.06. The lowest BCUT2D eigenvalue weighted by atomic mass is 9.99. The first-order valence-electron chi connectivity index (χ1n) is 17.0. The number of fused-ring (bicyclic) bond motifs is 1. The zero-order valence-corrected chi connectivity index (χ0v) is 31.0. The van der Waals surface area contributed by atoms with Gasteiger partial charge in [0.05, 0.1) is 41.9 Å². The van der Waals surface area contributed by atoms with E-state index in [2.05, 4.69) is 22.2 Å². The van der Waals surface area contributed by atoms with Gasteiger partial charge in [-0.2, -0.15) is 4.98 Å². The highest BCUT2D eigenvalue weighted by Crippen LogP contribution is 2.45. The number of halogens is 2. The number of nitrogens with one attached hydrogen (secondary N) is 2. The van der Waals surface area contributed by atoms with Crippen LogP contribution < -0.4 is 25.7 Å². The molecule has 0 bridgehead atoms. The van der Waals surface area contributed by atoms with Gasteiger partial charge in [-0.05, 0) is 39.1 Å². The van der Waals surface area contributed by atoms with Crippen LogP contribution in [0.1, 0.15) is 12.8 Å². The van der Waals surface area contributed by atoms with Crippen molar-refractivity contribution in [3.8, 4) is 22.6 Å². The summed E-state index contributed by atoms with van der Waals surface area (Å²) in [6.07, 6.45) is 7.90. The Morgan fingerprint density at radius 1 is 1.02 bits per heavy atom. The van der Waals surface area contributed by atoms with E-state index in [0.29, 0.717) is 43.8 Å². The van der Waals surface area contributed by atoms with Gasteiger partial charge in [0.2, 0.25) is 23.7 Å². The largest absolute Gasteiger partial charge is 0.495 e. The predicted molar refractivity (Wildman–Crippen MR) is 199 cm³/mol. The molecule has 1 saturated carbocycles. The zero-order chi connectivity index (χ0) is 37.3. The molecule has 52 heavy (non-hydrogen) atoms. The molecule has 2 unspecified atom stereocenters. The first-order chi connectivity index (χ1) is 24.9. The maximum atomic E-state index is 14.5. The Kier molecular flexibility index (Phi) is 11.1. The number of aromatic nitrogens is 3. The van der Waals surface area contributed by atoms with Gasteiger partial charge in [0.1, 0.15) is 17.1 Å². The highest BCUT2D eigenvalue weighted by molar-refractivity contribution is 6.41. The summed E-state index contributed by atoms with van der Waals surface area (Å²) in [5.41, 5.74) is 0.371. The number of carbonyl (C=O) groups is 3. The molecule has 4 heterocycles. The van der Waals surface area contributed by atoms with Crippen molar-refractivity contribution in [2.45, 2.75) is 31.5 Å². The molecular formula is C36H42Cl2N8O6. The minimum absolute atomic E-state index is 0.0217. The normalized spacial score (nSPS) is 18.9. The second-order valence-corrected chi connectivity index (χ2v) is 14.3. The van der Waals surface area contributed by atoms with Crippen molar-refractivity contribution in [1.29, 1.82) is 0 Å². The number of nitrogens with zero attached hydrogens (tertiary/aromatic N) is 6. The number of ether oxygens (including phenoxy) is 2. The van der Waals surface area contributed by atoms with Crippen LogP contribution in [0.3, 0.4) is 0 Å². The highest BCUT2D eigenvalue weighted by atomic mass is 35.5. The molecule has 3 aromatic rings. The number of rotatable bonds is 13. The van der Waals surface area contributed by atoms with Crippen molar-refractivity contribution >= 4 is 57.9 Å². The number of carbonyl (C=O) groups excluding carboxylic acids is 3. The summed E-state index contributed by atoms with van der Waals surface area (Å²) >= 11 is 13.6. The van der Waals surface area contributed by atoms with Crippen molar-refractivity contribution in [2.24, 2.45) is 11.8 Å². The van der Waals surface area contributed by atoms with Gasteiger partial charge in [0, 0.05) is 80.4 Å². The van der Waals surface area contributed by atoms with Gasteiger partial charge in [0.15, 0.2) is 0 Å². The minimum atomic E-state index is -0.422. The van der Waals surface area contributed by atoms with Crippen LogP contribution >= 0.6 is 23.2 Å². The molecule has 2 atom stereocenters. The van der Waals surface area contributed by atoms with E-state index in [4.69, 9.17) is 37.7 Å². The Labute approximate surface area is 311 Å². The van der Waals surface area contributed by atoms with Crippen molar-refractivity contribution in [1.82, 2.24) is 34.6 Å². The number of benzene rings is 1. The fourth-order valence-electron chi connectivity index (χ4n) is 6.56. The maximum absolute atomic E-state index is 14.5. The summed E-state index contributed by atoms with van der Waals surface area (Å²) in [6, 6.07) is 2.36. The third-order valence-electron chi connectivity index (χ3n) is 9.50. The molecule has 1 aromatic carbocycles. The van der Waals surface area contributed by atoms with Crippen LogP contribution in [0.15, 0.2) is 47.9 Å². The summed E-state index contributed by atoms with van der Waals surface area (Å²) in [7, 11) is 6.76. The van der Waals surface area contributed by atoms with Crippen LogP contribution in [0, 0.1) is 11.8 Å². The summed E-state index contributed by atoms with van der Waals surface area (Å²) in [4.78, 5) is 67.4. The number of methoxy groups -OCH3 is 2. The Morgan fingerprint density at radius 2 is 1.69 bits per heavy atom. The molecule has 3 fully saturated rings. The van der Waals surface area contributed by atoms with E-state index in [1.54, 1.807) is 38.8 Å². The van der Waals surface area contributed by atoms with E-state index < -0.39 is 17.6 Å². The molecule has 14 nitrogen and oxygen atoms in total. The molecule has 2 saturated heterocycles. The lowest BCUT2D eigenvalue weighted by molar-refractivity contribution is -0.132. The Hall–Kier alpha value is -4.66. The third kappa shape index (κ3) is 7.74. The van der Waals surface area contributed by atoms with E-state index in [1.165, 1.54) is 20.3 Å². The van der Waals surface area contributed by atoms with E-state index in [0.717, 1.165) is 12.8 Å². The van der Waals surface area contributed by atoms with Crippen LogP contribution in [-0.4, -0.2) is 120 Å². The van der Waals surface area contributed by atoms with Crippen LogP contribution in [0.5, 0.6) is 11.5 Å². The molecular weight excluding hydrogens is 711 g/mol. The van der Waals surface area contributed by atoms with Gasteiger partial charge in [-0.1, -0.05) is 35.9 Å². The van der Waals surface area contributed by atoms with E-state index in [1.807, 2.05) is 25.1 Å². The number of likely N-dealkylation sites (N-methyl/N-ethyl adjacent to an activating group) is 1. The minimum Gasteiger partial charge on any atom is -0.495 e. The molecule has 0 radical (unpaired) electrons. The molecule has 2 aliphatic heterocycles. The molecule has 1 aliphatic carbocycles. The van der Waals surface area contributed by atoms with Gasteiger partial charge in [-0.25, -0.2) is 4.98 Å².